The monoisotopic (exact) mass is 366 g/mol. The van der Waals surface area contributed by atoms with Crippen LogP contribution < -0.4 is 10.2 Å². The highest BCUT2D eigenvalue weighted by Gasteiger charge is 2.31. The number of nitrogens with one attached hydrogen (secondary N) is 1. The van der Waals surface area contributed by atoms with Gasteiger partial charge in [0.2, 0.25) is 0 Å². The average Bonchev–Trinajstić information content (AvgIpc) is 3.51. The van der Waals surface area contributed by atoms with Crippen molar-refractivity contribution in [2.24, 2.45) is 0 Å². The Bertz CT molecular complexity index is 854. The summed E-state index contributed by atoms with van der Waals surface area (Å²) in [7, 11) is 0. The Hall–Kier alpha value is -2.63. The Morgan fingerprint density at radius 3 is 2.59 bits per heavy atom. The molecule has 0 radical (unpaired) electrons. The van der Waals surface area contributed by atoms with Crippen LogP contribution in [0.2, 0.25) is 0 Å². The van der Waals surface area contributed by atoms with Crippen LogP contribution in [0, 0.1) is 0 Å². The van der Waals surface area contributed by atoms with E-state index in [0.29, 0.717) is 13.1 Å². The first-order chi connectivity index (χ1) is 13.2. The fourth-order valence-corrected chi connectivity index (χ4v) is 3.62. The number of anilines is 1. The summed E-state index contributed by atoms with van der Waals surface area (Å²) in [6.45, 7) is 4.74. The van der Waals surface area contributed by atoms with Crippen molar-refractivity contribution in [2.75, 3.05) is 31.1 Å². The summed E-state index contributed by atoms with van der Waals surface area (Å²) in [6.07, 6.45) is 3.99. The lowest BCUT2D eigenvalue weighted by molar-refractivity contribution is -0.146. The Balaban J connectivity index is 1.49. The molecule has 0 atom stereocenters. The van der Waals surface area contributed by atoms with Crippen LogP contribution in [0.5, 0.6) is 0 Å². The molecular weight excluding hydrogens is 340 g/mol. The predicted molar refractivity (Wildman–Crippen MR) is 106 cm³/mol. The molecule has 2 aromatic rings. The molecule has 1 aromatic carbocycles. The zero-order valence-corrected chi connectivity index (χ0v) is 15.8. The highest BCUT2D eigenvalue weighted by molar-refractivity contribution is 6.35. The summed E-state index contributed by atoms with van der Waals surface area (Å²) < 4.78 is 0. The summed E-state index contributed by atoms with van der Waals surface area (Å²) in [4.78, 5) is 33.1. The number of nitrogens with zero attached hydrogens (tertiary/aromatic N) is 3. The molecule has 1 aliphatic heterocycles. The normalized spacial score (nSPS) is 17.2. The van der Waals surface area contributed by atoms with E-state index in [-0.39, 0.29) is 6.04 Å². The van der Waals surface area contributed by atoms with Crippen LogP contribution in [-0.4, -0.2) is 53.9 Å². The second-order valence-corrected chi connectivity index (χ2v) is 7.43. The minimum atomic E-state index is -0.453. The molecule has 6 heteroatoms. The molecule has 2 heterocycles. The van der Waals surface area contributed by atoms with Crippen LogP contribution >= 0.6 is 0 Å². The Morgan fingerprint density at radius 2 is 1.89 bits per heavy atom. The second-order valence-electron chi connectivity index (χ2n) is 7.43. The summed E-state index contributed by atoms with van der Waals surface area (Å²) in [5, 5.41) is 3.93. The Labute approximate surface area is 159 Å². The number of piperazine rings is 1. The molecule has 142 valence electrons. The molecular formula is C21H26N4O2. The molecule has 1 aliphatic carbocycles. The maximum atomic E-state index is 12.3. The molecule has 2 amide bonds. The third-order valence-electron chi connectivity index (χ3n) is 5.27. The lowest BCUT2D eigenvalue weighted by Gasteiger charge is -2.36. The molecule has 1 saturated heterocycles. The molecule has 2 fully saturated rings. The van der Waals surface area contributed by atoms with Gasteiger partial charge in [-0.05, 0) is 31.4 Å². The van der Waals surface area contributed by atoms with E-state index in [1.165, 1.54) is 5.69 Å². The van der Waals surface area contributed by atoms with E-state index >= 15 is 0 Å². The highest BCUT2D eigenvalue weighted by atomic mass is 16.2. The molecule has 0 spiro atoms. The van der Waals surface area contributed by atoms with Gasteiger partial charge in [-0.3, -0.25) is 14.6 Å². The van der Waals surface area contributed by atoms with Crippen molar-refractivity contribution >= 4 is 28.4 Å². The number of benzene rings is 1. The van der Waals surface area contributed by atoms with Gasteiger partial charge >= 0.3 is 11.8 Å². The minimum Gasteiger partial charge on any atom is -0.367 e. The number of amides is 2. The van der Waals surface area contributed by atoms with Gasteiger partial charge < -0.3 is 15.1 Å². The quantitative estimate of drug-likeness (QED) is 0.842. The molecule has 1 N–H and O–H groups in total. The topological polar surface area (TPSA) is 65.5 Å². The van der Waals surface area contributed by atoms with Crippen molar-refractivity contribution in [1.29, 1.82) is 0 Å². The highest BCUT2D eigenvalue weighted by Crippen LogP contribution is 2.28. The number of aryl methyl sites for hydroxylation is 1. The third kappa shape index (κ3) is 3.89. The van der Waals surface area contributed by atoms with Crippen LogP contribution in [0.15, 0.2) is 30.3 Å². The fraction of sp³-hybridized carbons (Fsp3) is 0.476. The zero-order chi connectivity index (χ0) is 18.8. The number of aromatic nitrogens is 1. The molecule has 1 aromatic heterocycles. The van der Waals surface area contributed by atoms with Crippen molar-refractivity contribution in [3.63, 3.8) is 0 Å². The van der Waals surface area contributed by atoms with Crippen LogP contribution in [0.3, 0.4) is 0 Å². The number of fused-ring (bicyclic) bond motifs is 1. The van der Waals surface area contributed by atoms with Crippen LogP contribution in [0.4, 0.5) is 5.69 Å². The number of para-hydroxylation sites is 1. The van der Waals surface area contributed by atoms with E-state index < -0.39 is 11.8 Å². The maximum Gasteiger partial charge on any atom is 0.312 e. The third-order valence-corrected chi connectivity index (χ3v) is 5.27. The van der Waals surface area contributed by atoms with E-state index in [1.807, 2.05) is 12.1 Å². The van der Waals surface area contributed by atoms with Gasteiger partial charge in [0.15, 0.2) is 0 Å². The number of hydrogen-bond acceptors (Lipinski definition) is 4. The maximum absolute atomic E-state index is 12.3. The largest absolute Gasteiger partial charge is 0.367 e. The number of pyridine rings is 1. The molecule has 6 nitrogen and oxygen atoms in total. The van der Waals surface area contributed by atoms with Crippen molar-refractivity contribution < 1.29 is 9.59 Å². The second kappa shape index (κ2) is 7.55. The molecule has 0 bridgehead atoms. The molecule has 27 heavy (non-hydrogen) atoms. The summed E-state index contributed by atoms with van der Waals surface area (Å²) in [6, 6.07) is 10.6. The minimum absolute atomic E-state index is 0.211. The smallest absolute Gasteiger partial charge is 0.312 e. The molecule has 2 aliphatic rings. The van der Waals surface area contributed by atoms with E-state index in [2.05, 4.69) is 35.3 Å². The van der Waals surface area contributed by atoms with Gasteiger partial charge in [0, 0.05) is 49.0 Å². The Morgan fingerprint density at radius 1 is 1.15 bits per heavy atom. The molecule has 1 saturated carbocycles. The van der Waals surface area contributed by atoms with Gasteiger partial charge in [-0.2, -0.15) is 0 Å². The fourth-order valence-electron chi connectivity index (χ4n) is 3.62. The zero-order valence-electron chi connectivity index (χ0n) is 15.8. The van der Waals surface area contributed by atoms with Crippen molar-refractivity contribution in [3.8, 4) is 0 Å². The van der Waals surface area contributed by atoms with E-state index in [0.717, 1.165) is 55.4 Å². The number of carbonyl (C=O) groups excluding carboxylic acids is 2. The molecule has 4 rings (SSSR count). The van der Waals surface area contributed by atoms with Crippen LogP contribution in [0.1, 0.15) is 31.9 Å². The number of hydrogen-bond donors (Lipinski definition) is 1. The van der Waals surface area contributed by atoms with Gasteiger partial charge in [0.25, 0.3) is 0 Å². The van der Waals surface area contributed by atoms with Gasteiger partial charge in [0.1, 0.15) is 0 Å². The SMILES string of the molecule is CCCc1cc(N2CCN(C(=O)C(=O)NC3CC3)CC2)c2ccccc2n1. The van der Waals surface area contributed by atoms with Gasteiger partial charge in [0.05, 0.1) is 5.52 Å². The summed E-state index contributed by atoms with van der Waals surface area (Å²) in [5.74, 6) is -0.849. The van der Waals surface area contributed by atoms with Crippen molar-refractivity contribution in [1.82, 2.24) is 15.2 Å². The van der Waals surface area contributed by atoms with E-state index in [9.17, 15) is 9.59 Å². The number of rotatable bonds is 4. The first-order valence-electron chi connectivity index (χ1n) is 9.89. The van der Waals surface area contributed by atoms with Crippen LogP contribution in [-0.2, 0) is 16.0 Å². The van der Waals surface area contributed by atoms with Gasteiger partial charge in [-0.25, -0.2) is 0 Å². The standard InChI is InChI=1S/C21H26N4O2/c1-2-5-16-14-19(17-6-3-4-7-18(17)22-16)24-10-12-25(13-11-24)21(27)20(26)23-15-8-9-15/h3-4,6-7,14-15H,2,5,8-13H2,1H3,(H,23,26). The van der Waals surface area contributed by atoms with Crippen molar-refractivity contribution in [2.45, 2.75) is 38.6 Å². The lowest BCUT2D eigenvalue weighted by Crippen LogP contribution is -2.53. The lowest BCUT2D eigenvalue weighted by atomic mass is 10.1. The Kier molecular flexibility index (Phi) is 4.97. The predicted octanol–water partition coefficient (Wildman–Crippen LogP) is 2.11. The van der Waals surface area contributed by atoms with Crippen LogP contribution in [0.25, 0.3) is 10.9 Å². The first kappa shape index (κ1) is 17.8. The first-order valence-corrected chi connectivity index (χ1v) is 9.89. The summed E-state index contributed by atoms with van der Waals surface area (Å²) in [5.41, 5.74) is 3.30. The van der Waals surface area contributed by atoms with Gasteiger partial charge in [-0.15, -0.1) is 0 Å². The molecule has 0 unspecified atom stereocenters. The summed E-state index contributed by atoms with van der Waals surface area (Å²) >= 11 is 0. The van der Waals surface area contributed by atoms with E-state index in [4.69, 9.17) is 4.98 Å². The average molecular weight is 366 g/mol. The van der Waals surface area contributed by atoms with Gasteiger partial charge in [-0.1, -0.05) is 31.5 Å². The number of carbonyl (C=O) groups is 2. The van der Waals surface area contributed by atoms with E-state index in [1.54, 1.807) is 4.90 Å². The van der Waals surface area contributed by atoms with Crippen molar-refractivity contribution in [3.05, 3.63) is 36.0 Å².